The number of carbonyl (C=O) groups excluding carboxylic acids is 1. The van der Waals surface area contributed by atoms with E-state index in [1.807, 2.05) is 54.3 Å². The maximum Gasteiger partial charge on any atom is 0.254 e. The van der Waals surface area contributed by atoms with Crippen LogP contribution in [0.25, 0.3) is 0 Å². The second kappa shape index (κ2) is 6.95. The van der Waals surface area contributed by atoms with Gasteiger partial charge in [-0.2, -0.15) is 0 Å². The van der Waals surface area contributed by atoms with Gasteiger partial charge in [-0.05, 0) is 43.5 Å². The number of hydrogen-bond donors (Lipinski definition) is 0. The van der Waals surface area contributed by atoms with Crippen molar-refractivity contribution in [3.8, 4) is 11.5 Å². The van der Waals surface area contributed by atoms with E-state index in [-0.39, 0.29) is 11.9 Å². The lowest BCUT2D eigenvalue weighted by atomic mass is 10.0. The van der Waals surface area contributed by atoms with E-state index in [0.717, 1.165) is 47.6 Å². The summed E-state index contributed by atoms with van der Waals surface area (Å²) in [6.45, 7) is 2.75. The summed E-state index contributed by atoms with van der Waals surface area (Å²) < 4.78 is 10.8. The van der Waals surface area contributed by atoms with E-state index in [0.29, 0.717) is 0 Å². The van der Waals surface area contributed by atoms with Crippen LogP contribution in [0.5, 0.6) is 11.5 Å². The molecule has 2 aromatic rings. The van der Waals surface area contributed by atoms with E-state index in [4.69, 9.17) is 9.47 Å². The molecule has 1 heterocycles. The van der Waals surface area contributed by atoms with Gasteiger partial charge in [0, 0.05) is 23.7 Å². The van der Waals surface area contributed by atoms with Gasteiger partial charge in [-0.3, -0.25) is 4.79 Å². The molecule has 0 spiro atoms. The number of methoxy groups -OCH3 is 2. The Balaban J connectivity index is 1.94. The minimum Gasteiger partial charge on any atom is -0.497 e. The van der Waals surface area contributed by atoms with E-state index in [2.05, 4.69) is 0 Å². The fraction of sp³-hybridized carbons (Fsp3) is 0.350. The van der Waals surface area contributed by atoms with Gasteiger partial charge < -0.3 is 14.4 Å². The molecule has 1 saturated heterocycles. The molecule has 1 fully saturated rings. The summed E-state index contributed by atoms with van der Waals surface area (Å²) in [4.78, 5) is 15.0. The molecule has 4 nitrogen and oxygen atoms in total. The quantitative estimate of drug-likeness (QED) is 0.853. The Hall–Kier alpha value is -2.49. The standard InChI is InChI=1S/C20H23NO3/c1-14-7-4-5-8-16(14)20(22)21-12-6-9-18(21)17-11-10-15(23-2)13-19(17)24-3/h4-5,7-8,10-11,13,18H,6,9,12H2,1-3H3. The third-order valence-electron chi connectivity index (χ3n) is 4.69. The van der Waals surface area contributed by atoms with Gasteiger partial charge >= 0.3 is 0 Å². The Morgan fingerprint density at radius 1 is 1.12 bits per heavy atom. The molecule has 1 amide bonds. The molecule has 0 aliphatic carbocycles. The molecule has 126 valence electrons. The summed E-state index contributed by atoms with van der Waals surface area (Å²) >= 11 is 0. The lowest BCUT2D eigenvalue weighted by Gasteiger charge is -2.27. The van der Waals surface area contributed by atoms with Gasteiger partial charge in [0.15, 0.2) is 0 Å². The highest BCUT2D eigenvalue weighted by molar-refractivity contribution is 5.96. The normalized spacial score (nSPS) is 17.0. The lowest BCUT2D eigenvalue weighted by molar-refractivity contribution is 0.0733. The fourth-order valence-corrected chi connectivity index (χ4v) is 3.39. The smallest absolute Gasteiger partial charge is 0.254 e. The zero-order chi connectivity index (χ0) is 17.1. The molecule has 1 unspecified atom stereocenters. The minimum atomic E-state index is 0.0398. The number of likely N-dealkylation sites (tertiary alicyclic amines) is 1. The van der Waals surface area contributed by atoms with Gasteiger partial charge in [0.1, 0.15) is 11.5 Å². The summed E-state index contributed by atoms with van der Waals surface area (Å²) in [5.41, 5.74) is 2.82. The first-order valence-corrected chi connectivity index (χ1v) is 8.24. The molecular formula is C20H23NO3. The monoisotopic (exact) mass is 325 g/mol. The molecule has 0 N–H and O–H groups in total. The maximum absolute atomic E-state index is 13.0. The highest BCUT2D eigenvalue weighted by atomic mass is 16.5. The van der Waals surface area contributed by atoms with Crippen LogP contribution in [0.1, 0.15) is 40.4 Å². The van der Waals surface area contributed by atoms with Crippen LogP contribution >= 0.6 is 0 Å². The van der Waals surface area contributed by atoms with Crippen molar-refractivity contribution in [2.24, 2.45) is 0 Å². The van der Waals surface area contributed by atoms with Crippen LogP contribution in [0.3, 0.4) is 0 Å². The second-order valence-electron chi connectivity index (χ2n) is 6.08. The van der Waals surface area contributed by atoms with E-state index < -0.39 is 0 Å². The average molecular weight is 325 g/mol. The van der Waals surface area contributed by atoms with Crippen LogP contribution in [-0.2, 0) is 0 Å². The van der Waals surface area contributed by atoms with Crippen molar-refractivity contribution in [1.82, 2.24) is 4.90 Å². The van der Waals surface area contributed by atoms with Crippen molar-refractivity contribution >= 4 is 5.91 Å². The molecule has 1 aliphatic rings. The molecule has 0 bridgehead atoms. The van der Waals surface area contributed by atoms with E-state index in [9.17, 15) is 4.79 Å². The largest absolute Gasteiger partial charge is 0.497 e. The first-order valence-electron chi connectivity index (χ1n) is 8.24. The van der Waals surface area contributed by atoms with E-state index >= 15 is 0 Å². The first kappa shape index (κ1) is 16.4. The third kappa shape index (κ3) is 2.96. The van der Waals surface area contributed by atoms with Gasteiger partial charge in [-0.1, -0.05) is 18.2 Å². The predicted molar refractivity (Wildman–Crippen MR) is 93.7 cm³/mol. The van der Waals surface area contributed by atoms with Crippen LogP contribution in [0, 0.1) is 6.92 Å². The van der Waals surface area contributed by atoms with Crippen LogP contribution < -0.4 is 9.47 Å². The Morgan fingerprint density at radius 3 is 2.62 bits per heavy atom. The summed E-state index contributed by atoms with van der Waals surface area (Å²) in [5.74, 6) is 1.61. The van der Waals surface area contributed by atoms with Crippen molar-refractivity contribution in [3.63, 3.8) is 0 Å². The summed E-state index contributed by atoms with van der Waals surface area (Å²) in [5, 5.41) is 0. The highest BCUT2D eigenvalue weighted by Gasteiger charge is 2.32. The topological polar surface area (TPSA) is 38.8 Å². The highest BCUT2D eigenvalue weighted by Crippen LogP contribution is 2.39. The Kier molecular flexibility index (Phi) is 4.74. The van der Waals surface area contributed by atoms with Crippen molar-refractivity contribution in [2.75, 3.05) is 20.8 Å². The number of benzene rings is 2. The number of ether oxygens (including phenoxy) is 2. The SMILES string of the molecule is COc1ccc(C2CCCN2C(=O)c2ccccc2C)c(OC)c1. The predicted octanol–water partition coefficient (Wildman–Crippen LogP) is 3.99. The summed E-state index contributed by atoms with van der Waals surface area (Å²) in [6.07, 6.45) is 1.94. The van der Waals surface area contributed by atoms with Crippen molar-refractivity contribution in [2.45, 2.75) is 25.8 Å². The van der Waals surface area contributed by atoms with Gasteiger partial charge in [0.05, 0.1) is 20.3 Å². The Morgan fingerprint density at radius 2 is 1.92 bits per heavy atom. The molecule has 1 aliphatic heterocycles. The number of amides is 1. The average Bonchev–Trinajstić information content (AvgIpc) is 3.10. The minimum absolute atomic E-state index is 0.0398. The van der Waals surface area contributed by atoms with Crippen LogP contribution in [0.15, 0.2) is 42.5 Å². The summed E-state index contributed by atoms with van der Waals surface area (Å²) in [6, 6.07) is 13.6. The summed E-state index contributed by atoms with van der Waals surface area (Å²) in [7, 11) is 3.29. The molecule has 0 aromatic heterocycles. The van der Waals surface area contributed by atoms with Crippen LogP contribution in [0.4, 0.5) is 0 Å². The number of carbonyl (C=O) groups is 1. The lowest BCUT2D eigenvalue weighted by Crippen LogP contribution is -2.31. The number of rotatable bonds is 4. The number of hydrogen-bond acceptors (Lipinski definition) is 3. The molecule has 2 aromatic carbocycles. The third-order valence-corrected chi connectivity index (χ3v) is 4.69. The number of aryl methyl sites for hydroxylation is 1. The first-order chi connectivity index (χ1) is 11.7. The number of nitrogens with zero attached hydrogens (tertiary/aromatic N) is 1. The van der Waals surface area contributed by atoms with E-state index in [1.54, 1.807) is 14.2 Å². The van der Waals surface area contributed by atoms with Crippen LogP contribution in [-0.4, -0.2) is 31.6 Å². The van der Waals surface area contributed by atoms with Crippen molar-refractivity contribution < 1.29 is 14.3 Å². The fourth-order valence-electron chi connectivity index (χ4n) is 3.39. The zero-order valence-corrected chi connectivity index (χ0v) is 14.4. The maximum atomic E-state index is 13.0. The van der Waals surface area contributed by atoms with Crippen LogP contribution in [0.2, 0.25) is 0 Å². The molecule has 0 saturated carbocycles. The van der Waals surface area contributed by atoms with E-state index in [1.165, 1.54) is 0 Å². The van der Waals surface area contributed by atoms with Gasteiger partial charge in [-0.15, -0.1) is 0 Å². The van der Waals surface area contributed by atoms with Gasteiger partial charge in [0.2, 0.25) is 0 Å². The van der Waals surface area contributed by atoms with Crippen molar-refractivity contribution in [3.05, 3.63) is 59.2 Å². The zero-order valence-electron chi connectivity index (χ0n) is 14.4. The molecule has 24 heavy (non-hydrogen) atoms. The van der Waals surface area contributed by atoms with Gasteiger partial charge in [0.25, 0.3) is 5.91 Å². The Bertz CT molecular complexity index is 741. The molecule has 3 rings (SSSR count). The molecule has 1 atom stereocenters. The molecule has 4 heteroatoms. The molecule has 0 radical (unpaired) electrons. The molecular weight excluding hydrogens is 302 g/mol. The van der Waals surface area contributed by atoms with Gasteiger partial charge in [-0.25, -0.2) is 0 Å². The second-order valence-corrected chi connectivity index (χ2v) is 6.08. The van der Waals surface area contributed by atoms with Crippen molar-refractivity contribution in [1.29, 1.82) is 0 Å². The Labute approximate surface area is 143 Å².